The largest absolute Gasteiger partial charge is 0.462 e. The Morgan fingerprint density at radius 1 is 1.43 bits per heavy atom. The second kappa shape index (κ2) is 7.25. The fourth-order valence-corrected chi connectivity index (χ4v) is 3.38. The van der Waals surface area contributed by atoms with Crippen LogP contribution < -0.4 is 5.32 Å². The van der Waals surface area contributed by atoms with Gasteiger partial charge in [0.05, 0.1) is 6.26 Å². The summed E-state index contributed by atoms with van der Waals surface area (Å²) in [5, 5.41) is 5.49. The van der Waals surface area contributed by atoms with Crippen molar-refractivity contribution in [3.05, 3.63) is 29.5 Å². The lowest BCUT2D eigenvalue weighted by Gasteiger charge is -2.36. The van der Waals surface area contributed by atoms with Crippen molar-refractivity contribution >= 4 is 17.2 Å². The molecule has 1 N–H and O–H groups in total. The van der Waals surface area contributed by atoms with Gasteiger partial charge < -0.3 is 14.6 Å². The topological polar surface area (TPSA) is 61.6 Å². The number of carbonyl (C=O) groups excluding carboxylic acids is 1. The van der Waals surface area contributed by atoms with Crippen molar-refractivity contribution in [1.82, 2.24) is 20.1 Å². The number of likely N-dealkylation sites (N-methyl/N-ethyl adjacent to an activating group) is 1. The number of piperazine rings is 1. The van der Waals surface area contributed by atoms with Crippen LogP contribution in [0, 0.1) is 0 Å². The fourth-order valence-electron chi connectivity index (χ4n) is 2.61. The van der Waals surface area contributed by atoms with Gasteiger partial charge >= 0.3 is 0 Å². The van der Waals surface area contributed by atoms with E-state index in [-0.39, 0.29) is 5.91 Å². The van der Waals surface area contributed by atoms with Crippen molar-refractivity contribution in [3.63, 3.8) is 0 Å². The number of nitrogens with zero attached hydrogens (tertiary/aromatic N) is 3. The van der Waals surface area contributed by atoms with Crippen LogP contribution in [0.2, 0.25) is 0 Å². The number of hydrogen-bond acceptors (Lipinski definition) is 6. The Hall–Kier alpha value is -1.70. The molecule has 1 amide bonds. The molecule has 1 fully saturated rings. The van der Waals surface area contributed by atoms with Crippen molar-refractivity contribution in [3.8, 4) is 10.8 Å². The van der Waals surface area contributed by atoms with Gasteiger partial charge in [0.1, 0.15) is 5.69 Å². The van der Waals surface area contributed by atoms with Crippen LogP contribution in [0.25, 0.3) is 10.8 Å². The average Bonchev–Trinajstić information content (AvgIpc) is 3.23. The summed E-state index contributed by atoms with van der Waals surface area (Å²) >= 11 is 1.42. The Labute approximate surface area is 140 Å². The summed E-state index contributed by atoms with van der Waals surface area (Å²) in [6.07, 6.45) is 1.61. The highest BCUT2D eigenvalue weighted by Gasteiger charge is 2.20. The zero-order chi connectivity index (χ0) is 16.2. The van der Waals surface area contributed by atoms with E-state index in [4.69, 9.17) is 4.42 Å². The first kappa shape index (κ1) is 16.2. The first-order valence-corrected chi connectivity index (χ1v) is 8.71. The maximum absolute atomic E-state index is 12.2. The van der Waals surface area contributed by atoms with Crippen LogP contribution in [0.3, 0.4) is 0 Å². The molecule has 1 aliphatic rings. The summed E-state index contributed by atoms with van der Waals surface area (Å²) in [5.41, 5.74) is 0.451. The SMILES string of the molecule is CC(CNC(=O)c1csc(-c2ccco2)n1)N1CCN(C)CC1. The molecule has 0 aliphatic carbocycles. The normalized spacial score (nSPS) is 18.0. The Balaban J connectivity index is 1.51. The highest BCUT2D eigenvalue weighted by atomic mass is 32.1. The molecular formula is C16H22N4O2S. The molecule has 0 radical (unpaired) electrons. The van der Waals surface area contributed by atoms with Crippen molar-refractivity contribution in [2.24, 2.45) is 0 Å². The van der Waals surface area contributed by atoms with Gasteiger partial charge in [0.25, 0.3) is 5.91 Å². The van der Waals surface area contributed by atoms with E-state index in [2.05, 4.69) is 34.1 Å². The van der Waals surface area contributed by atoms with Crippen LogP contribution in [0.5, 0.6) is 0 Å². The first-order chi connectivity index (χ1) is 11.1. The molecule has 3 heterocycles. The highest BCUT2D eigenvalue weighted by Crippen LogP contribution is 2.23. The second-order valence-electron chi connectivity index (χ2n) is 5.91. The molecule has 23 heavy (non-hydrogen) atoms. The third-order valence-electron chi connectivity index (χ3n) is 4.19. The Morgan fingerprint density at radius 2 is 2.22 bits per heavy atom. The minimum Gasteiger partial charge on any atom is -0.462 e. The predicted octanol–water partition coefficient (Wildman–Crippen LogP) is 1.77. The van der Waals surface area contributed by atoms with E-state index in [9.17, 15) is 4.79 Å². The van der Waals surface area contributed by atoms with Gasteiger partial charge in [0, 0.05) is 44.1 Å². The van der Waals surface area contributed by atoms with Crippen LogP contribution >= 0.6 is 11.3 Å². The van der Waals surface area contributed by atoms with E-state index in [1.165, 1.54) is 11.3 Å². The Bertz CT molecular complexity index is 632. The molecule has 2 aromatic rings. The molecule has 0 saturated carbocycles. The molecule has 2 aromatic heterocycles. The van der Waals surface area contributed by atoms with Crippen LogP contribution in [-0.4, -0.2) is 66.5 Å². The summed E-state index contributed by atoms with van der Waals surface area (Å²) in [6.45, 7) is 7.05. The number of furan rings is 1. The first-order valence-electron chi connectivity index (χ1n) is 7.83. The van der Waals surface area contributed by atoms with Crippen molar-refractivity contribution < 1.29 is 9.21 Å². The highest BCUT2D eigenvalue weighted by molar-refractivity contribution is 7.13. The monoisotopic (exact) mass is 334 g/mol. The molecule has 1 atom stereocenters. The van der Waals surface area contributed by atoms with E-state index in [1.54, 1.807) is 11.6 Å². The summed E-state index contributed by atoms with van der Waals surface area (Å²) in [7, 11) is 2.14. The summed E-state index contributed by atoms with van der Waals surface area (Å²) in [6, 6.07) is 3.99. The van der Waals surface area contributed by atoms with Crippen molar-refractivity contribution in [2.45, 2.75) is 13.0 Å². The third-order valence-corrected chi connectivity index (χ3v) is 5.04. The van der Waals surface area contributed by atoms with Gasteiger partial charge in [-0.2, -0.15) is 0 Å². The zero-order valence-corrected chi connectivity index (χ0v) is 14.3. The number of amides is 1. The van der Waals surface area contributed by atoms with E-state index >= 15 is 0 Å². The van der Waals surface area contributed by atoms with Gasteiger partial charge in [0.2, 0.25) is 0 Å². The Kier molecular flexibility index (Phi) is 5.09. The van der Waals surface area contributed by atoms with Crippen molar-refractivity contribution in [1.29, 1.82) is 0 Å². The number of thiazole rings is 1. The molecular weight excluding hydrogens is 312 g/mol. The zero-order valence-electron chi connectivity index (χ0n) is 13.5. The number of hydrogen-bond donors (Lipinski definition) is 1. The molecule has 1 aliphatic heterocycles. The van der Waals surface area contributed by atoms with E-state index in [0.29, 0.717) is 24.0 Å². The summed E-state index contributed by atoms with van der Waals surface area (Å²) < 4.78 is 5.30. The number of nitrogens with one attached hydrogen (secondary N) is 1. The summed E-state index contributed by atoms with van der Waals surface area (Å²) in [5.74, 6) is 0.569. The van der Waals surface area contributed by atoms with E-state index < -0.39 is 0 Å². The summed E-state index contributed by atoms with van der Waals surface area (Å²) in [4.78, 5) is 21.3. The lowest BCUT2D eigenvalue weighted by atomic mass is 10.2. The number of rotatable bonds is 5. The molecule has 6 nitrogen and oxygen atoms in total. The van der Waals surface area contributed by atoms with Gasteiger partial charge in [-0.05, 0) is 26.1 Å². The van der Waals surface area contributed by atoms with Gasteiger partial charge in [-0.15, -0.1) is 11.3 Å². The Morgan fingerprint density at radius 3 is 2.91 bits per heavy atom. The molecule has 124 valence electrons. The minimum absolute atomic E-state index is 0.125. The standard InChI is InChI=1S/C16H22N4O2S/c1-12(20-7-5-19(2)6-8-20)10-17-15(21)13-11-23-16(18-13)14-4-3-9-22-14/h3-4,9,11-12H,5-8,10H2,1-2H3,(H,17,21). The minimum atomic E-state index is -0.125. The van der Waals surface area contributed by atoms with Gasteiger partial charge in [-0.25, -0.2) is 4.98 Å². The molecule has 7 heteroatoms. The average molecular weight is 334 g/mol. The quantitative estimate of drug-likeness (QED) is 0.903. The van der Waals surface area contributed by atoms with Crippen LogP contribution in [0.15, 0.2) is 28.2 Å². The lowest BCUT2D eigenvalue weighted by molar-refractivity contribution is 0.0900. The fraction of sp³-hybridized carbons (Fsp3) is 0.500. The maximum atomic E-state index is 12.2. The molecule has 0 bridgehead atoms. The van der Waals surface area contributed by atoms with Gasteiger partial charge in [-0.3, -0.25) is 9.69 Å². The van der Waals surface area contributed by atoms with Gasteiger partial charge in [-0.1, -0.05) is 0 Å². The van der Waals surface area contributed by atoms with Gasteiger partial charge in [0.15, 0.2) is 10.8 Å². The smallest absolute Gasteiger partial charge is 0.270 e. The maximum Gasteiger partial charge on any atom is 0.270 e. The molecule has 0 spiro atoms. The molecule has 1 unspecified atom stereocenters. The van der Waals surface area contributed by atoms with Crippen LogP contribution in [0.4, 0.5) is 0 Å². The second-order valence-corrected chi connectivity index (χ2v) is 6.77. The number of carbonyl (C=O) groups is 1. The third kappa shape index (κ3) is 3.99. The van der Waals surface area contributed by atoms with E-state index in [1.807, 2.05) is 12.1 Å². The lowest BCUT2D eigenvalue weighted by Crippen LogP contribution is -2.51. The van der Waals surface area contributed by atoms with E-state index in [0.717, 1.165) is 31.2 Å². The molecule has 0 aromatic carbocycles. The predicted molar refractivity (Wildman–Crippen MR) is 90.7 cm³/mol. The molecule has 1 saturated heterocycles. The van der Waals surface area contributed by atoms with Crippen LogP contribution in [0.1, 0.15) is 17.4 Å². The van der Waals surface area contributed by atoms with Crippen molar-refractivity contribution in [2.75, 3.05) is 39.8 Å². The molecule has 3 rings (SSSR count). The van der Waals surface area contributed by atoms with Crippen LogP contribution in [-0.2, 0) is 0 Å². The number of aromatic nitrogens is 1.